The molecule has 27 heavy (non-hydrogen) atoms. The molecule has 0 saturated carbocycles. The number of nitrogens with zero attached hydrogens (tertiary/aromatic N) is 4. The van der Waals surface area contributed by atoms with Crippen molar-refractivity contribution in [3.8, 4) is 11.3 Å². The molecule has 0 unspecified atom stereocenters. The van der Waals surface area contributed by atoms with Crippen LogP contribution in [0.4, 0.5) is 8.78 Å². The Kier molecular flexibility index (Phi) is 4.47. The van der Waals surface area contributed by atoms with Crippen LogP contribution in [0.15, 0.2) is 42.6 Å². The fourth-order valence-electron chi connectivity index (χ4n) is 3.44. The van der Waals surface area contributed by atoms with Crippen molar-refractivity contribution in [2.45, 2.75) is 18.8 Å². The van der Waals surface area contributed by atoms with Crippen LogP contribution in [0.25, 0.3) is 22.2 Å². The average molecular weight is 370 g/mol. The lowest BCUT2D eigenvalue weighted by atomic mass is 10.1. The summed E-state index contributed by atoms with van der Waals surface area (Å²) in [5.74, 6) is -2.63. The second-order valence-corrected chi connectivity index (χ2v) is 7.05. The molecule has 7 heteroatoms. The number of Topliss-reactive ketones (excluding diaryl/α,β-unsaturated/α-hetero) is 1. The molecule has 5 nitrogen and oxygen atoms in total. The Morgan fingerprint density at radius 1 is 1.22 bits per heavy atom. The maximum absolute atomic E-state index is 12.8. The Morgan fingerprint density at radius 2 is 2.00 bits per heavy atom. The summed E-state index contributed by atoms with van der Waals surface area (Å²) in [6, 6.07) is 11.6. The molecule has 2 aromatic heterocycles. The first-order valence-electron chi connectivity index (χ1n) is 8.94. The molecule has 0 spiro atoms. The molecule has 1 fully saturated rings. The van der Waals surface area contributed by atoms with Crippen molar-refractivity contribution in [2.24, 2.45) is 7.05 Å². The van der Waals surface area contributed by atoms with E-state index in [9.17, 15) is 13.6 Å². The number of aromatic nitrogens is 3. The first-order valence-corrected chi connectivity index (χ1v) is 8.94. The third-order valence-corrected chi connectivity index (χ3v) is 4.84. The summed E-state index contributed by atoms with van der Waals surface area (Å²) >= 11 is 0. The number of para-hydroxylation sites is 1. The maximum Gasteiger partial charge on any atom is 0.272 e. The van der Waals surface area contributed by atoms with E-state index < -0.39 is 5.92 Å². The van der Waals surface area contributed by atoms with Crippen molar-refractivity contribution in [3.63, 3.8) is 0 Å². The van der Waals surface area contributed by atoms with Crippen molar-refractivity contribution in [1.82, 2.24) is 19.7 Å². The van der Waals surface area contributed by atoms with E-state index in [1.807, 2.05) is 30.3 Å². The number of hydrogen-bond donors (Lipinski definition) is 0. The van der Waals surface area contributed by atoms with E-state index in [1.54, 1.807) is 28.9 Å². The van der Waals surface area contributed by atoms with Crippen LogP contribution >= 0.6 is 0 Å². The highest BCUT2D eigenvalue weighted by Gasteiger charge is 2.43. The van der Waals surface area contributed by atoms with E-state index in [-0.39, 0.29) is 18.9 Å². The lowest BCUT2D eigenvalue weighted by Crippen LogP contribution is -2.56. The predicted octanol–water partition coefficient (Wildman–Crippen LogP) is 3.55. The van der Waals surface area contributed by atoms with E-state index in [0.717, 1.165) is 22.2 Å². The molecular formula is C20H20F2N4O. The number of fused-ring (bicyclic) bond motifs is 1. The maximum atomic E-state index is 12.8. The number of carbonyl (C=O) groups excluding carboxylic acids is 1. The minimum Gasteiger partial charge on any atom is -0.292 e. The molecule has 0 amide bonds. The summed E-state index contributed by atoms with van der Waals surface area (Å²) in [7, 11) is 1.80. The van der Waals surface area contributed by atoms with Crippen molar-refractivity contribution in [1.29, 1.82) is 0 Å². The van der Waals surface area contributed by atoms with E-state index in [4.69, 9.17) is 0 Å². The first kappa shape index (κ1) is 17.7. The van der Waals surface area contributed by atoms with Gasteiger partial charge >= 0.3 is 0 Å². The van der Waals surface area contributed by atoms with E-state index in [1.165, 1.54) is 0 Å². The van der Waals surface area contributed by atoms with Crippen LogP contribution in [-0.4, -0.2) is 51.0 Å². The number of rotatable bonds is 6. The second-order valence-electron chi connectivity index (χ2n) is 7.05. The summed E-state index contributed by atoms with van der Waals surface area (Å²) < 4.78 is 27.3. The summed E-state index contributed by atoms with van der Waals surface area (Å²) in [6.45, 7) is 0.101. The van der Waals surface area contributed by atoms with Gasteiger partial charge in [0.15, 0.2) is 5.78 Å². The zero-order chi connectivity index (χ0) is 19.0. The highest BCUT2D eigenvalue weighted by Crippen LogP contribution is 2.27. The molecule has 4 rings (SSSR count). The Hall–Kier alpha value is -2.67. The van der Waals surface area contributed by atoms with Crippen LogP contribution in [-0.2, 0) is 7.05 Å². The van der Waals surface area contributed by atoms with Gasteiger partial charge in [0, 0.05) is 30.6 Å². The van der Waals surface area contributed by atoms with Crippen LogP contribution in [0.3, 0.4) is 0 Å². The zero-order valence-electron chi connectivity index (χ0n) is 15.0. The fourth-order valence-corrected chi connectivity index (χ4v) is 3.44. The largest absolute Gasteiger partial charge is 0.292 e. The van der Waals surface area contributed by atoms with Gasteiger partial charge in [0.25, 0.3) is 5.92 Å². The zero-order valence-corrected chi connectivity index (χ0v) is 15.0. The molecule has 1 aromatic carbocycles. The van der Waals surface area contributed by atoms with E-state index in [2.05, 4.69) is 10.1 Å². The van der Waals surface area contributed by atoms with Crippen molar-refractivity contribution in [2.75, 3.05) is 19.6 Å². The van der Waals surface area contributed by atoms with Gasteiger partial charge < -0.3 is 0 Å². The van der Waals surface area contributed by atoms with Gasteiger partial charge in [-0.2, -0.15) is 5.10 Å². The Labute approximate surface area is 155 Å². The normalized spacial score (nSPS) is 16.4. The van der Waals surface area contributed by atoms with Gasteiger partial charge in [-0.05, 0) is 31.2 Å². The third kappa shape index (κ3) is 3.73. The smallest absolute Gasteiger partial charge is 0.272 e. The van der Waals surface area contributed by atoms with Crippen LogP contribution < -0.4 is 0 Å². The molecule has 3 aromatic rings. The van der Waals surface area contributed by atoms with Gasteiger partial charge in [0.05, 0.1) is 24.3 Å². The molecule has 3 heterocycles. The van der Waals surface area contributed by atoms with Crippen LogP contribution in [0.2, 0.25) is 0 Å². The number of carbonyl (C=O) groups is 1. The SMILES string of the molecule is Cn1nc(C(=O)CCCN2CC(F)(F)C2)cc1-c1cnc2ccccc2c1. The quantitative estimate of drug-likeness (QED) is 0.623. The summed E-state index contributed by atoms with van der Waals surface area (Å²) in [6.07, 6.45) is 2.63. The Balaban J connectivity index is 1.43. The Bertz CT molecular complexity index is 991. The number of likely N-dealkylation sites (tertiary alicyclic amines) is 1. The molecule has 1 aliphatic rings. The standard InChI is InChI=1S/C20H20F2N4O/c1-25-18(15-9-14-5-2-3-6-16(14)23-11-15)10-17(24-25)19(27)7-4-8-26-12-20(21,22)13-26/h2-3,5-6,9-11H,4,7-8,12-13H2,1H3. The van der Waals surface area contributed by atoms with Gasteiger partial charge in [0.1, 0.15) is 5.69 Å². The summed E-state index contributed by atoms with van der Waals surface area (Å²) in [5.41, 5.74) is 3.02. The molecule has 0 radical (unpaired) electrons. The molecule has 1 aliphatic heterocycles. The third-order valence-electron chi connectivity index (χ3n) is 4.84. The van der Waals surface area contributed by atoms with Gasteiger partial charge in [-0.25, -0.2) is 8.78 Å². The Morgan fingerprint density at radius 3 is 2.78 bits per heavy atom. The second kappa shape index (κ2) is 6.81. The van der Waals surface area contributed by atoms with Gasteiger partial charge in [-0.15, -0.1) is 0 Å². The monoisotopic (exact) mass is 370 g/mol. The lowest BCUT2D eigenvalue weighted by molar-refractivity contribution is -0.130. The first-order chi connectivity index (χ1) is 12.9. The number of hydrogen-bond acceptors (Lipinski definition) is 4. The molecule has 140 valence electrons. The lowest BCUT2D eigenvalue weighted by Gasteiger charge is -2.38. The van der Waals surface area contributed by atoms with Crippen molar-refractivity contribution < 1.29 is 13.6 Å². The predicted molar refractivity (Wildman–Crippen MR) is 98.9 cm³/mol. The van der Waals surface area contributed by atoms with Gasteiger partial charge in [-0.1, -0.05) is 18.2 Å². The topological polar surface area (TPSA) is 51.0 Å². The minimum absolute atomic E-state index is 0.0714. The molecule has 0 bridgehead atoms. The summed E-state index contributed by atoms with van der Waals surface area (Å²) in [4.78, 5) is 18.5. The number of halogens is 2. The number of alkyl halides is 2. The number of pyridine rings is 1. The van der Waals surface area contributed by atoms with E-state index in [0.29, 0.717) is 25.1 Å². The molecule has 0 N–H and O–H groups in total. The van der Waals surface area contributed by atoms with Gasteiger partial charge in [-0.3, -0.25) is 19.4 Å². The van der Waals surface area contributed by atoms with Crippen LogP contribution in [0.1, 0.15) is 23.3 Å². The van der Waals surface area contributed by atoms with Crippen molar-refractivity contribution >= 4 is 16.7 Å². The highest BCUT2D eigenvalue weighted by atomic mass is 19.3. The number of benzene rings is 1. The minimum atomic E-state index is -2.56. The average Bonchev–Trinajstić information content (AvgIpc) is 3.01. The van der Waals surface area contributed by atoms with Crippen molar-refractivity contribution in [3.05, 3.63) is 48.3 Å². The van der Waals surface area contributed by atoms with E-state index >= 15 is 0 Å². The highest BCUT2D eigenvalue weighted by molar-refractivity contribution is 5.95. The molecule has 1 saturated heterocycles. The van der Waals surface area contributed by atoms with Gasteiger partial charge in [0.2, 0.25) is 0 Å². The molecular weight excluding hydrogens is 350 g/mol. The summed E-state index contributed by atoms with van der Waals surface area (Å²) in [5, 5.41) is 5.35. The number of aryl methyl sites for hydroxylation is 1. The molecule has 0 atom stereocenters. The molecule has 0 aliphatic carbocycles. The van der Waals surface area contributed by atoms with Crippen LogP contribution in [0, 0.1) is 0 Å². The number of ketones is 1. The van der Waals surface area contributed by atoms with Crippen LogP contribution in [0.5, 0.6) is 0 Å². The fraction of sp³-hybridized carbons (Fsp3) is 0.350.